The zero-order valence-corrected chi connectivity index (χ0v) is 18.3. The summed E-state index contributed by atoms with van der Waals surface area (Å²) < 4.78 is 1.51. The molecule has 29 heavy (non-hydrogen) atoms. The van der Waals surface area contributed by atoms with Crippen LogP contribution < -0.4 is 5.56 Å². The van der Waals surface area contributed by atoms with E-state index in [4.69, 9.17) is 5.11 Å². The van der Waals surface area contributed by atoms with Gasteiger partial charge in [0.25, 0.3) is 5.56 Å². The van der Waals surface area contributed by atoms with E-state index < -0.39 is 5.97 Å². The van der Waals surface area contributed by atoms with E-state index in [0.29, 0.717) is 11.3 Å². The van der Waals surface area contributed by atoms with Crippen LogP contribution in [-0.2, 0) is 29.0 Å². The maximum absolute atomic E-state index is 13.1. The second-order valence-corrected chi connectivity index (χ2v) is 10.0. The molecule has 0 bridgehead atoms. The number of hydrogen-bond acceptors (Lipinski definition) is 5. The Morgan fingerprint density at radius 1 is 1.34 bits per heavy atom. The van der Waals surface area contributed by atoms with E-state index in [1.807, 2.05) is 0 Å². The molecule has 2 aromatic rings. The first-order valence-corrected chi connectivity index (χ1v) is 10.8. The Morgan fingerprint density at radius 3 is 2.72 bits per heavy atom. The van der Waals surface area contributed by atoms with Gasteiger partial charge in [-0.1, -0.05) is 20.8 Å². The molecule has 158 valence electrons. The number of fused-ring (bicyclic) bond motifs is 3. The van der Waals surface area contributed by atoms with Crippen molar-refractivity contribution in [3.05, 3.63) is 27.1 Å². The fourth-order valence-electron chi connectivity index (χ4n) is 3.89. The number of aliphatic carboxylic acids is 1. The van der Waals surface area contributed by atoms with E-state index in [1.54, 1.807) is 18.4 Å². The highest BCUT2D eigenvalue weighted by molar-refractivity contribution is 7.18. The number of nitrogens with zero attached hydrogens (tertiary/aromatic N) is 3. The fourth-order valence-corrected chi connectivity index (χ4v) is 5.15. The van der Waals surface area contributed by atoms with Crippen LogP contribution in [0.5, 0.6) is 0 Å². The summed E-state index contributed by atoms with van der Waals surface area (Å²) in [5.41, 5.74) is 1.30. The Bertz CT molecular complexity index is 986. The van der Waals surface area contributed by atoms with Crippen molar-refractivity contribution in [1.82, 2.24) is 14.5 Å². The molecule has 8 heteroatoms. The third-order valence-electron chi connectivity index (χ3n) is 5.91. The number of carbonyl (C=O) groups is 2. The van der Waals surface area contributed by atoms with Crippen molar-refractivity contribution in [3.63, 3.8) is 0 Å². The molecule has 0 aromatic carbocycles. The topological polar surface area (TPSA) is 92.5 Å². The standard InChI is InChI=1S/C21H29N3O4S/c1-21(2,3)13-5-6-14-15(11-13)29-19-18(14)20(28)24(12-22-19)10-7-16(25)23(4)9-8-17(26)27/h12-13H,5-11H2,1-4H3,(H,26,27). The Hall–Kier alpha value is -2.22. The number of aryl methyl sites for hydroxylation is 2. The van der Waals surface area contributed by atoms with Crippen molar-refractivity contribution in [2.75, 3.05) is 13.6 Å². The molecular weight excluding hydrogens is 390 g/mol. The molecule has 1 atom stereocenters. The van der Waals surface area contributed by atoms with Crippen molar-refractivity contribution in [2.24, 2.45) is 11.3 Å². The van der Waals surface area contributed by atoms with E-state index in [9.17, 15) is 14.4 Å². The number of aromatic nitrogens is 2. The number of carboxylic acids is 1. The zero-order chi connectivity index (χ0) is 21.3. The molecule has 0 spiro atoms. The largest absolute Gasteiger partial charge is 0.481 e. The van der Waals surface area contributed by atoms with Crippen molar-refractivity contribution >= 4 is 33.4 Å². The smallest absolute Gasteiger partial charge is 0.305 e. The molecule has 0 radical (unpaired) electrons. The molecule has 3 rings (SSSR count). The lowest BCUT2D eigenvalue weighted by Crippen LogP contribution is -2.31. The van der Waals surface area contributed by atoms with Crippen LogP contribution in [-0.4, -0.2) is 45.0 Å². The van der Waals surface area contributed by atoms with Crippen LogP contribution in [0.3, 0.4) is 0 Å². The summed E-state index contributed by atoms with van der Waals surface area (Å²) in [5, 5.41) is 9.45. The number of amides is 1. The lowest BCUT2D eigenvalue weighted by Gasteiger charge is -2.33. The molecule has 0 saturated carbocycles. The highest BCUT2D eigenvalue weighted by atomic mass is 32.1. The van der Waals surface area contributed by atoms with Gasteiger partial charge < -0.3 is 10.0 Å². The lowest BCUT2D eigenvalue weighted by atomic mass is 9.72. The number of carbonyl (C=O) groups excluding carboxylic acids is 1. The quantitative estimate of drug-likeness (QED) is 0.777. The SMILES string of the molecule is CN(CCC(=O)O)C(=O)CCn1cnc2sc3c(c2c1=O)CCC(C(C)(C)C)C3. The van der Waals surface area contributed by atoms with Gasteiger partial charge in [0.05, 0.1) is 18.1 Å². The minimum atomic E-state index is -0.938. The van der Waals surface area contributed by atoms with E-state index in [1.165, 1.54) is 20.7 Å². The normalized spacial score (nSPS) is 16.6. The van der Waals surface area contributed by atoms with Crippen molar-refractivity contribution in [3.8, 4) is 0 Å². The van der Waals surface area contributed by atoms with Gasteiger partial charge in [0.15, 0.2) is 0 Å². The fraction of sp³-hybridized carbons (Fsp3) is 0.619. The van der Waals surface area contributed by atoms with Crippen LogP contribution in [0.2, 0.25) is 0 Å². The molecular formula is C21H29N3O4S. The molecule has 1 unspecified atom stereocenters. The molecule has 1 N–H and O–H groups in total. The average molecular weight is 420 g/mol. The molecule has 2 aromatic heterocycles. The third-order valence-corrected chi connectivity index (χ3v) is 7.08. The predicted octanol–water partition coefficient (Wildman–Crippen LogP) is 2.93. The summed E-state index contributed by atoms with van der Waals surface area (Å²) in [4.78, 5) is 43.9. The number of hydrogen-bond donors (Lipinski definition) is 1. The maximum atomic E-state index is 13.1. The Kier molecular flexibility index (Phi) is 6.12. The molecule has 1 amide bonds. The van der Waals surface area contributed by atoms with Gasteiger partial charge in [-0.25, -0.2) is 4.98 Å². The second-order valence-electron chi connectivity index (χ2n) is 8.94. The summed E-state index contributed by atoms with van der Waals surface area (Å²) in [6.45, 7) is 7.21. The van der Waals surface area contributed by atoms with Gasteiger partial charge in [-0.05, 0) is 36.2 Å². The van der Waals surface area contributed by atoms with Crippen molar-refractivity contribution in [1.29, 1.82) is 0 Å². The molecule has 0 aliphatic heterocycles. The minimum absolute atomic E-state index is 0.0808. The Morgan fingerprint density at radius 2 is 2.07 bits per heavy atom. The van der Waals surface area contributed by atoms with E-state index in [2.05, 4.69) is 25.8 Å². The van der Waals surface area contributed by atoms with E-state index in [-0.39, 0.29) is 42.8 Å². The number of carboxylic acid groups (broad SMARTS) is 1. The third kappa shape index (κ3) is 4.69. The second kappa shape index (κ2) is 8.26. The van der Waals surface area contributed by atoms with Crippen molar-refractivity contribution in [2.45, 2.75) is 59.4 Å². The van der Waals surface area contributed by atoms with Crippen molar-refractivity contribution < 1.29 is 14.7 Å². The first kappa shape index (κ1) is 21.5. The zero-order valence-electron chi connectivity index (χ0n) is 17.5. The first-order valence-electron chi connectivity index (χ1n) is 10.0. The highest BCUT2D eigenvalue weighted by Crippen LogP contribution is 2.41. The summed E-state index contributed by atoms with van der Waals surface area (Å²) in [7, 11) is 1.58. The van der Waals surface area contributed by atoms with Crippen LogP contribution in [0, 0.1) is 11.3 Å². The predicted molar refractivity (Wildman–Crippen MR) is 113 cm³/mol. The first-order chi connectivity index (χ1) is 13.6. The molecule has 0 saturated heterocycles. The number of rotatable bonds is 6. The molecule has 1 aliphatic rings. The van der Waals surface area contributed by atoms with Gasteiger partial charge in [-0.15, -0.1) is 11.3 Å². The molecule has 0 fully saturated rings. The van der Waals surface area contributed by atoms with Crippen LogP contribution in [0.15, 0.2) is 11.1 Å². The van der Waals surface area contributed by atoms with Gasteiger partial charge in [0.2, 0.25) is 5.91 Å². The average Bonchev–Trinajstić information content (AvgIpc) is 3.03. The molecule has 7 nitrogen and oxygen atoms in total. The van der Waals surface area contributed by atoms with Gasteiger partial charge in [0.1, 0.15) is 4.83 Å². The maximum Gasteiger partial charge on any atom is 0.305 e. The Labute approximate surface area is 174 Å². The Balaban J connectivity index is 1.77. The highest BCUT2D eigenvalue weighted by Gasteiger charge is 2.31. The van der Waals surface area contributed by atoms with E-state index >= 15 is 0 Å². The number of thiophene rings is 1. The summed E-state index contributed by atoms with van der Waals surface area (Å²) in [5.74, 6) is -0.519. The monoisotopic (exact) mass is 419 g/mol. The minimum Gasteiger partial charge on any atom is -0.481 e. The van der Waals surface area contributed by atoms with E-state index in [0.717, 1.165) is 29.7 Å². The molecule has 1 aliphatic carbocycles. The van der Waals surface area contributed by atoms with Gasteiger partial charge in [-0.3, -0.25) is 19.0 Å². The van der Waals surface area contributed by atoms with Crippen LogP contribution in [0.4, 0.5) is 0 Å². The van der Waals surface area contributed by atoms with Crippen LogP contribution in [0.25, 0.3) is 10.2 Å². The van der Waals surface area contributed by atoms with Gasteiger partial charge in [0, 0.05) is 31.4 Å². The van der Waals surface area contributed by atoms with Crippen LogP contribution >= 0.6 is 11.3 Å². The van der Waals surface area contributed by atoms with Gasteiger partial charge in [-0.2, -0.15) is 0 Å². The lowest BCUT2D eigenvalue weighted by molar-refractivity contribution is -0.138. The summed E-state index contributed by atoms with van der Waals surface area (Å²) in [6.07, 6.45) is 4.54. The molecule has 2 heterocycles. The summed E-state index contributed by atoms with van der Waals surface area (Å²) in [6, 6.07) is 0. The van der Waals surface area contributed by atoms with Gasteiger partial charge >= 0.3 is 5.97 Å². The van der Waals surface area contributed by atoms with Crippen LogP contribution in [0.1, 0.15) is 50.5 Å². The summed E-state index contributed by atoms with van der Waals surface area (Å²) >= 11 is 1.63.